The molecule has 0 spiro atoms. The number of aliphatic hydroxyl groups excluding tert-OH is 2. The summed E-state index contributed by atoms with van der Waals surface area (Å²) in [6.45, 7) is 20.7. The van der Waals surface area contributed by atoms with Gasteiger partial charge in [0.15, 0.2) is 0 Å². The highest BCUT2D eigenvalue weighted by Gasteiger charge is 2.44. The second-order valence-corrected chi connectivity index (χ2v) is 14.1. The van der Waals surface area contributed by atoms with Crippen LogP contribution in [0.4, 0.5) is 0 Å². The Labute approximate surface area is 262 Å². The normalized spacial score (nSPS) is 27.7. The monoisotopic (exact) mass is 584 g/mol. The molecule has 1 fully saturated rings. The van der Waals surface area contributed by atoms with Crippen molar-refractivity contribution < 1.29 is 15.3 Å². The number of allylic oxidation sites excluding steroid dienone is 17. The van der Waals surface area contributed by atoms with Crippen LogP contribution in [0, 0.1) is 10.8 Å². The molecule has 0 bridgehead atoms. The van der Waals surface area contributed by atoms with Gasteiger partial charge in [-0.1, -0.05) is 123 Å². The Bertz CT molecular complexity index is 1320. The van der Waals surface area contributed by atoms with Gasteiger partial charge in [-0.05, 0) is 88.9 Å². The second-order valence-electron chi connectivity index (χ2n) is 14.1. The summed E-state index contributed by atoms with van der Waals surface area (Å²) in [6, 6.07) is 0. The molecule has 0 radical (unpaired) electrons. The van der Waals surface area contributed by atoms with Crippen molar-refractivity contribution in [2.45, 2.75) is 113 Å². The zero-order chi connectivity index (χ0) is 32.4. The Morgan fingerprint density at radius 1 is 0.674 bits per heavy atom. The molecule has 3 N–H and O–H groups in total. The highest BCUT2D eigenvalue weighted by atomic mass is 16.3. The largest absolute Gasteiger partial charge is 0.393 e. The number of hydrogen-bond acceptors (Lipinski definition) is 3. The average molecular weight is 585 g/mol. The summed E-state index contributed by atoms with van der Waals surface area (Å²) in [5.41, 5.74) is 9.98. The van der Waals surface area contributed by atoms with E-state index in [1.54, 1.807) is 6.92 Å². The van der Waals surface area contributed by atoms with Gasteiger partial charge >= 0.3 is 0 Å². The maximum atomic E-state index is 10.8. The van der Waals surface area contributed by atoms with Gasteiger partial charge in [-0.25, -0.2) is 0 Å². The fourth-order valence-corrected chi connectivity index (χ4v) is 6.32. The van der Waals surface area contributed by atoms with Crippen molar-refractivity contribution in [3.63, 3.8) is 0 Å². The predicted octanol–water partition coefficient (Wildman–Crippen LogP) is 9.51. The van der Waals surface area contributed by atoms with Crippen molar-refractivity contribution in [1.29, 1.82) is 0 Å². The molecule has 0 saturated heterocycles. The second kappa shape index (κ2) is 15.7. The van der Waals surface area contributed by atoms with Crippen LogP contribution in [0.2, 0.25) is 0 Å². The van der Waals surface area contributed by atoms with E-state index in [9.17, 15) is 15.3 Å². The number of aliphatic hydroxyl groups is 3. The van der Waals surface area contributed by atoms with Gasteiger partial charge in [0.2, 0.25) is 0 Å². The van der Waals surface area contributed by atoms with Gasteiger partial charge in [0.25, 0.3) is 0 Å². The molecule has 3 heteroatoms. The smallest absolute Gasteiger partial charge is 0.0931 e. The molecule has 3 unspecified atom stereocenters. The molecule has 0 aromatic rings. The summed E-state index contributed by atoms with van der Waals surface area (Å²) in [7, 11) is 0. The Morgan fingerprint density at radius 2 is 1.16 bits per heavy atom. The van der Waals surface area contributed by atoms with E-state index in [1.807, 2.05) is 37.3 Å². The fourth-order valence-electron chi connectivity index (χ4n) is 6.32. The van der Waals surface area contributed by atoms with E-state index in [0.717, 1.165) is 29.6 Å². The Kier molecular flexibility index (Phi) is 13.2. The van der Waals surface area contributed by atoms with Crippen LogP contribution in [0.25, 0.3) is 0 Å². The third kappa shape index (κ3) is 11.9. The van der Waals surface area contributed by atoms with Gasteiger partial charge in [0.05, 0.1) is 17.8 Å². The van der Waals surface area contributed by atoms with Crippen molar-refractivity contribution in [2.75, 3.05) is 0 Å². The van der Waals surface area contributed by atoms with Crippen LogP contribution in [0.15, 0.2) is 124 Å². The molecule has 0 aliphatic heterocycles. The molecule has 1 saturated carbocycles. The molecule has 43 heavy (non-hydrogen) atoms. The number of rotatable bonds is 9. The molecule has 2 aliphatic carbocycles. The van der Waals surface area contributed by atoms with Crippen LogP contribution in [0.5, 0.6) is 0 Å². The molecule has 234 valence electrons. The molecule has 0 aromatic carbocycles. The van der Waals surface area contributed by atoms with Gasteiger partial charge < -0.3 is 15.3 Å². The standard InChI is InChI=1S/C40H56O3/c1-29(17-13-19-31(3)21-23-36-33(5)25-34(41)26-38(36,6)7)15-11-12-16-30(2)18-14-20-32(4)22-24-37-39(8,9)27-35(42)28-40(37,10)43/h11-23,34-35,41-43H,25-28H2,1-10H3/b12-11+,17-13?,18-14+,23-21?,29-15?,30-16+,31-19?,32-20+. The topological polar surface area (TPSA) is 60.7 Å². The predicted molar refractivity (Wildman–Crippen MR) is 185 cm³/mol. The maximum Gasteiger partial charge on any atom is 0.0931 e. The highest BCUT2D eigenvalue weighted by Crippen LogP contribution is 2.45. The summed E-state index contributed by atoms with van der Waals surface area (Å²) < 4.78 is 0. The minimum atomic E-state index is -1.05. The van der Waals surface area contributed by atoms with Gasteiger partial charge in [0.1, 0.15) is 0 Å². The molecule has 0 amide bonds. The zero-order valence-corrected chi connectivity index (χ0v) is 28.3. The lowest BCUT2D eigenvalue weighted by Crippen LogP contribution is -2.45. The van der Waals surface area contributed by atoms with Crippen molar-refractivity contribution in [1.82, 2.24) is 0 Å². The minimum absolute atomic E-state index is 0.00390. The molecule has 2 aliphatic rings. The molecule has 0 aromatic heterocycles. The Hall–Kier alpha value is -2.94. The van der Waals surface area contributed by atoms with Crippen molar-refractivity contribution in [2.24, 2.45) is 10.8 Å². The van der Waals surface area contributed by atoms with Crippen LogP contribution in [-0.2, 0) is 0 Å². The van der Waals surface area contributed by atoms with Crippen LogP contribution >= 0.6 is 0 Å². The van der Waals surface area contributed by atoms with Crippen molar-refractivity contribution in [3.05, 3.63) is 124 Å². The van der Waals surface area contributed by atoms with E-state index in [0.29, 0.717) is 12.8 Å². The lowest BCUT2D eigenvalue weighted by Gasteiger charge is -2.43. The third-order valence-corrected chi connectivity index (χ3v) is 8.29. The van der Waals surface area contributed by atoms with E-state index >= 15 is 0 Å². The third-order valence-electron chi connectivity index (χ3n) is 8.29. The van der Waals surface area contributed by atoms with Crippen molar-refractivity contribution in [3.8, 4) is 0 Å². The molecular weight excluding hydrogens is 528 g/mol. The summed E-state index contributed by atoms with van der Waals surface area (Å²) >= 11 is 0. The summed E-state index contributed by atoms with van der Waals surface area (Å²) in [5, 5.41) is 31.1. The Morgan fingerprint density at radius 3 is 1.70 bits per heavy atom. The number of hydrogen-bond donors (Lipinski definition) is 3. The first-order valence-electron chi connectivity index (χ1n) is 15.6. The first-order valence-corrected chi connectivity index (χ1v) is 15.6. The first kappa shape index (κ1) is 36.3. The fraction of sp³-hybridized carbons (Fsp3) is 0.475. The van der Waals surface area contributed by atoms with E-state index in [4.69, 9.17) is 0 Å². The van der Waals surface area contributed by atoms with Gasteiger partial charge in [-0.2, -0.15) is 0 Å². The van der Waals surface area contributed by atoms with E-state index in [2.05, 4.69) is 110 Å². The first-order chi connectivity index (χ1) is 19.9. The molecule has 3 nitrogen and oxygen atoms in total. The van der Waals surface area contributed by atoms with Gasteiger partial charge in [0, 0.05) is 12.0 Å². The van der Waals surface area contributed by atoms with Crippen LogP contribution in [0.3, 0.4) is 0 Å². The Balaban J connectivity index is 1.95. The maximum absolute atomic E-state index is 10.8. The van der Waals surface area contributed by atoms with Gasteiger partial charge in [-0.3, -0.25) is 0 Å². The van der Waals surface area contributed by atoms with Crippen LogP contribution in [-0.4, -0.2) is 33.1 Å². The SMILES string of the molecule is CC(C=CC1=C(C)CC(O)CC1(C)C)=CC=CC(C)=C/C=C/C=C(C)/C=C/C=C(\C)C=C=C1C(C)(C)CC(O)CC1(C)O. The summed E-state index contributed by atoms with van der Waals surface area (Å²) in [5.74, 6) is 0. The van der Waals surface area contributed by atoms with E-state index in [-0.39, 0.29) is 16.9 Å². The summed E-state index contributed by atoms with van der Waals surface area (Å²) in [6.07, 6.45) is 28.8. The molecule has 3 atom stereocenters. The van der Waals surface area contributed by atoms with Crippen LogP contribution in [0.1, 0.15) is 94.9 Å². The van der Waals surface area contributed by atoms with Crippen LogP contribution < -0.4 is 0 Å². The molecule has 0 heterocycles. The van der Waals surface area contributed by atoms with E-state index in [1.165, 1.54) is 22.3 Å². The molecular formula is C40H56O3. The summed E-state index contributed by atoms with van der Waals surface area (Å²) in [4.78, 5) is 0. The van der Waals surface area contributed by atoms with E-state index < -0.39 is 11.7 Å². The molecule has 2 rings (SSSR count). The zero-order valence-electron chi connectivity index (χ0n) is 28.3. The minimum Gasteiger partial charge on any atom is -0.393 e. The van der Waals surface area contributed by atoms with Crippen molar-refractivity contribution >= 4 is 0 Å². The lowest BCUT2D eigenvalue weighted by atomic mass is 9.65. The highest BCUT2D eigenvalue weighted by molar-refractivity contribution is 5.38. The quantitative estimate of drug-likeness (QED) is 0.187. The average Bonchev–Trinajstić information content (AvgIpc) is 2.83. The van der Waals surface area contributed by atoms with Gasteiger partial charge in [-0.15, -0.1) is 5.73 Å². The lowest BCUT2D eigenvalue weighted by molar-refractivity contribution is -0.0268.